The van der Waals surface area contributed by atoms with Gasteiger partial charge in [0.2, 0.25) is 0 Å². The Bertz CT molecular complexity index is 651. The molecule has 2 heterocycles. The highest BCUT2D eigenvalue weighted by molar-refractivity contribution is 5.83. The second-order valence-corrected chi connectivity index (χ2v) is 4.86. The zero-order valence-electron chi connectivity index (χ0n) is 13.0. The number of nitrogens with one attached hydrogen (secondary N) is 1. The van der Waals surface area contributed by atoms with Gasteiger partial charge in [0, 0.05) is 19.2 Å². The second-order valence-electron chi connectivity index (χ2n) is 4.86. The number of aromatic nitrogens is 2. The molecular formula is C13H19N5O5. The highest BCUT2D eigenvalue weighted by Gasteiger charge is 2.17. The van der Waals surface area contributed by atoms with E-state index in [9.17, 15) is 14.8 Å². The van der Waals surface area contributed by atoms with E-state index in [4.69, 9.17) is 0 Å². The monoisotopic (exact) mass is 325 g/mol. The average Bonchev–Trinajstić information content (AvgIpc) is 2.58. The predicted molar refractivity (Wildman–Crippen MR) is 79.5 cm³/mol. The minimum atomic E-state index is -0.917. The van der Waals surface area contributed by atoms with E-state index in [1.165, 1.54) is 13.2 Å². The maximum absolute atomic E-state index is 11.4. The SMILES string of the molecule is COC(=O)/N=c1\nc(N2CCCCC2)cc(NC(=O)OC)n1O. The molecule has 1 fully saturated rings. The molecule has 0 aliphatic carbocycles. The van der Waals surface area contributed by atoms with Crippen molar-refractivity contribution in [3.63, 3.8) is 0 Å². The van der Waals surface area contributed by atoms with Gasteiger partial charge in [-0.05, 0) is 19.3 Å². The predicted octanol–water partition coefficient (Wildman–Crippen LogP) is 0.956. The highest BCUT2D eigenvalue weighted by Crippen LogP contribution is 2.19. The van der Waals surface area contributed by atoms with Gasteiger partial charge in [-0.2, -0.15) is 4.98 Å². The fourth-order valence-electron chi connectivity index (χ4n) is 2.20. The molecule has 1 aliphatic rings. The Morgan fingerprint density at radius 3 is 2.57 bits per heavy atom. The van der Waals surface area contributed by atoms with Crippen LogP contribution in [0.5, 0.6) is 0 Å². The second kappa shape index (κ2) is 7.47. The zero-order chi connectivity index (χ0) is 16.8. The molecular weight excluding hydrogens is 306 g/mol. The molecule has 0 saturated carbocycles. The van der Waals surface area contributed by atoms with E-state index in [2.05, 4.69) is 24.8 Å². The smallest absolute Gasteiger partial charge is 0.436 e. The van der Waals surface area contributed by atoms with Gasteiger partial charge in [-0.1, -0.05) is 0 Å². The van der Waals surface area contributed by atoms with Crippen LogP contribution in [0.15, 0.2) is 11.1 Å². The first-order valence-electron chi connectivity index (χ1n) is 7.11. The molecule has 2 amide bonds. The van der Waals surface area contributed by atoms with E-state index >= 15 is 0 Å². The Kier molecular flexibility index (Phi) is 5.39. The number of hydrogen-bond donors (Lipinski definition) is 2. The Morgan fingerprint density at radius 2 is 1.96 bits per heavy atom. The van der Waals surface area contributed by atoms with Crippen LogP contribution < -0.4 is 15.8 Å². The first-order valence-corrected chi connectivity index (χ1v) is 7.11. The van der Waals surface area contributed by atoms with Gasteiger partial charge < -0.3 is 19.6 Å². The molecule has 0 radical (unpaired) electrons. The van der Waals surface area contributed by atoms with Crippen molar-refractivity contribution < 1.29 is 24.3 Å². The largest absolute Gasteiger partial charge is 0.453 e. The first kappa shape index (κ1) is 16.6. The Hall–Kier alpha value is -2.78. The van der Waals surface area contributed by atoms with E-state index in [1.54, 1.807) is 0 Å². The van der Waals surface area contributed by atoms with E-state index in [0.29, 0.717) is 10.5 Å². The molecule has 1 aliphatic heterocycles. The Labute approximate surface area is 132 Å². The lowest BCUT2D eigenvalue weighted by molar-refractivity contribution is 0.160. The number of anilines is 2. The lowest BCUT2D eigenvalue weighted by atomic mass is 10.1. The highest BCUT2D eigenvalue weighted by atomic mass is 16.5. The van der Waals surface area contributed by atoms with Gasteiger partial charge in [0.25, 0.3) is 5.62 Å². The zero-order valence-corrected chi connectivity index (χ0v) is 13.0. The summed E-state index contributed by atoms with van der Waals surface area (Å²) in [5, 5.41) is 12.4. The van der Waals surface area contributed by atoms with Gasteiger partial charge in [-0.3, -0.25) is 5.32 Å². The number of amides is 2. The summed E-state index contributed by atoms with van der Waals surface area (Å²) in [6.07, 6.45) is 1.47. The molecule has 126 valence electrons. The summed E-state index contributed by atoms with van der Waals surface area (Å²) in [6.45, 7) is 1.58. The Morgan fingerprint density at radius 1 is 1.26 bits per heavy atom. The van der Waals surface area contributed by atoms with Crippen LogP contribution >= 0.6 is 0 Å². The Balaban J connectivity index is 2.47. The van der Waals surface area contributed by atoms with Crippen molar-refractivity contribution in [2.24, 2.45) is 4.99 Å². The maximum Gasteiger partial charge on any atom is 0.436 e. The van der Waals surface area contributed by atoms with Crippen LogP contribution in [0.3, 0.4) is 0 Å². The van der Waals surface area contributed by atoms with Crippen LogP contribution in [0, 0.1) is 0 Å². The molecule has 2 rings (SSSR count). The standard InChI is InChI=1S/C13H19N5O5/c1-22-12(19)15-10-8-9(17-6-4-3-5-7-17)14-11(18(10)21)16-13(20)23-2/h8,21H,3-7H2,1-2H3,(H,15,19)/b16-11+. The molecule has 0 bridgehead atoms. The van der Waals surface area contributed by atoms with Crippen molar-refractivity contribution in [1.82, 2.24) is 9.71 Å². The topological polar surface area (TPSA) is 118 Å². The van der Waals surface area contributed by atoms with Crippen molar-refractivity contribution >= 4 is 23.8 Å². The summed E-state index contributed by atoms with van der Waals surface area (Å²) in [5.41, 5.74) is -0.300. The molecule has 2 N–H and O–H groups in total. The number of piperidine rings is 1. The summed E-state index contributed by atoms with van der Waals surface area (Å²) in [6, 6.07) is 1.48. The van der Waals surface area contributed by atoms with E-state index in [0.717, 1.165) is 39.5 Å². The number of ether oxygens (including phenoxy) is 2. The first-order chi connectivity index (χ1) is 11.0. The van der Waals surface area contributed by atoms with Crippen LogP contribution in [0.2, 0.25) is 0 Å². The lowest BCUT2D eigenvalue weighted by Gasteiger charge is -2.28. The van der Waals surface area contributed by atoms with Gasteiger partial charge >= 0.3 is 12.2 Å². The minimum Gasteiger partial charge on any atom is -0.453 e. The lowest BCUT2D eigenvalue weighted by Crippen LogP contribution is -2.35. The molecule has 0 aromatic carbocycles. The number of nitrogens with zero attached hydrogens (tertiary/aromatic N) is 4. The number of carbonyl (C=O) groups is 2. The van der Waals surface area contributed by atoms with Gasteiger partial charge in [0.15, 0.2) is 5.82 Å². The van der Waals surface area contributed by atoms with E-state index < -0.39 is 12.2 Å². The van der Waals surface area contributed by atoms with Crippen LogP contribution in [-0.2, 0) is 9.47 Å². The summed E-state index contributed by atoms with van der Waals surface area (Å²) in [5.74, 6) is 0.471. The van der Waals surface area contributed by atoms with Crippen molar-refractivity contribution in [3.05, 3.63) is 11.7 Å². The van der Waals surface area contributed by atoms with Crippen LogP contribution in [0.4, 0.5) is 21.2 Å². The molecule has 1 saturated heterocycles. The van der Waals surface area contributed by atoms with Gasteiger partial charge in [0.1, 0.15) is 5.82 Å². The van der Waals surface area contributed by atoms with E-state index in [-0.39, 0.29) is 11.4 Å². The van der Waals surface area contributed by atoms with E-state index in [1.807, 2.05) is 4.90 Å². The fourth-order valence-corrected chi connectivity index (χ4v) is 2.20. The quantitative estimate of drug-likeness (QED) is 0.777. The third kappa shape index (κ3) is 4.11. The summed E-state index contributed by atoms with van der Waals surface area (Å²) in [4.78, 5) is 32.4. The summed E-state index contributed by atoms with van der Waals surface area (Å²) >= 11 is 0. The third-order valence-corrected chi connectivity index (χ3v) is 3.36. The molecule has 10 heteroatoms. The van der Waals surface area contributed by atoms with Crippen molar-refractivity contribution in [2.45, 2.75) is 19.3 Å². The number of hydrogen-bond acceptors (Lipinski definition) is 7. The molecule has 0 spiro atoms. The molecule has 0 unspecified atom stereocenters. The number of methoxy groups -OCH3 is 2. The van der Waals surface area contributed by atoms with Gasteiger partial charge in [0.05, 0.1) is 14.2 Å². The molecule has 23 heavy (non-hydrogen) atoms. The van der Waals surface area contributed by atoms with Crippen molar-refractivity contribution in [2.75, 3.05) is 37.5 Å². The molecule has 0 atom stereocenters. The van der Waals surface area contributed by atoms with Crippen LogP contribution in [0.1, 0.15) is 19.3 Å². The van der Waals surface area contributed by atoms with Crippen molar-refractivity contribution in [1.29, 1.82) is 0 Å². The minimum absolute atomic E-state index is 0.0184. The van der Waals surface area contributed by atoms with Gasteiger partial charge in [-0.25, -0.2) is 9.59 Å². The summed E-state index contributed by atoms with van der Waals surface area (Å²) < 4.78 is 9.43. The third-order valence-electron chi connectivity index (χ3n) is 3.36. The van der Waals surface area contributed by atoms with Gasteiger partial charge in [-0.15, -0.1) is 9.72 Å². The maximum atomic E-state index is 11.4. The van der Waals surface area contributed by atoms with Crippen LogP contribution in [-0.4, -0.2) is 54.4 Å². The van der Waals surface area contributed by atoms with Crippen molar-refractivity contribution in [3.8, 4) is 0 Å². The van der Waals surface area contributed by atoms with Crippen LogP contribution in [0.25, 0.3) is 0 Å². The molecule has 10 nitrogen and oxygen atoms in total. The normalized spacial score (nSPS) is 15.2. The molecule has 1 aromatic heterocycles. The fraction of sp³-hybridized carbons (Fsp3) is 0.538. The number of rotatable bonds is 2. The summed E-state index contributed by atoms with van der Waals surface area (Å²) in [7, 11) is 2.36. The average molecular weight is 325 g/mol. The molecule has 1 aromatic rings. The number of carbonyl (C=O) groups excluding carboxylic acids is 2.